The molecule has 0 unspecified atom stereocenters. The SMILES string of the molecule is CCN(CC)CCCNC(=S)NCCCn1cc(Br)c(C)n1. The second-order valence-electron chi connectivity index (χ2n) is 5.24. The summed E-state index contributed by atoms with van der Waals surface area (Å²) < 4.78 is 3.02. The molecule has 0 aliphatic rings. The van der Waals surface area contributed by atoms with E-state index in [1.54, 1.807) is 0 Å². The van der Waals surface area contributed by atoms with Crippen LogP contribution in [-0.4, -0.2) is 52.5 Å². The predicted octanol–water partition coefficient (Wildman–Crippen LogP) is 2.54. The Morgan fingerprint density at radius 3 is 2.45 bits per heavy atom. The van der Waals surface area contributed by atoms with Gasteiger partial charge in [0.2, 0.25) is 0 Å². The Bertz CT molecular complexity index is 426. The van der Waals surface area contributed by atoms with Crippen molar-refractivity contribution in [1.82, 2.24) is 25.3 Å². The van der Waals surface area contributed by atoms with Gasteiger partial charge < -0.3 is 15.5 Å². The van der Waals surface area contributed by atoms with Crippen molar-refractivity contribution in [3.05, 3.63) is 16.4 Å². The third kappa shape index (κ3) is 7.56. The van der Waals surface area contributed by atoms with Gasteiger partial charge in [0.25, 0.3) is 0 Å². The van der Waals surface area contributed by atoms with Crippen LogP contribution in [0, 0.1) is 6.92 Å². The first-order chi connectivity index (χ1) is 10.6. The molecule has 0 spiro atoms. The van der Waals surface area contributed by atoms with Gasteiger partial charge in [0, 0.05) is 25.8 Å². The summed E-state index contributed by atoms with van der Waals surface area (Å²) in [4.78, 5) is 2.42. The van der Waals surface area contributed by atoms with Crippen LogP contribution in [-0.2, 0) is 6.54 Å². The van der Waals surface area contributed by atoms with Gasteiger partial charge in [-0.1, -0.05) is 13.8 Å². The quantitative estimate of drug-likeness (QED) is 0.475. The van der Waals surface area contributed by atoms with Crippen LogP contribution in [0.25, 0.3) is 0 Å². The summed E-state index contributed by atoms with van der Waals surface area (Å²) in [6, 6.07) is 0. The number of hydrogen-bond donors (Lipinski definition) is 2. The first kappa shape index (κ1) is 19.4. The lowest BCUT2D eigenvalue weighted by Gasteiger charge is -2.18. The monoisotopic (exact) mass is 389 g/mol. The van der Waals surface area contributed by atoms with E-state index in [-0.39, 0.29) is 0 Å². The highest BCUT2D eigenvalue weighted by Crippen LogP contribution is 2.13. The molecule has 5 nitrogen and oxygen atoms in total. The molecule has 126 valence electrons. The molecule has 0 aromatic carbocycles. The molecule has 0 saturated heterocycles. The normalized spacial score (nSPS) is 11.0. The largest absolute Gasteiger partial charge is 0.363 e. The van der Waals surface area contributed by atoms with Gasteiger partial charge in [-0.15, -0.1) is 0 Å². The molecule has 0 radical (unpaired) electrons. The van der Waals surface area contributed by atoms with Crippen molar-refractivity contribution < 1.29 is 0 Å². The lowest BCUT2D eigenvalue weighted by atomic mass is 10.3. The molecule has 1 aromatic heterocycles. The van der Waals surface area contributed by atoms with Crippen LogP contribution in [0.1, 0.15) is 32.4 Å². The van der Waals surface area contributed by atoms with Gasteiger partial charge in [-0.3, -0.25) is 4.68 Å². The lowest BCUT2D eigenvalue weighted by molar-refractivity contribution is 0.300. The van der Waals surface area contributed by atoms with E-state index < -0.39 is 0 Å². The van der Waals surface area contributed by atoms with Crippen LogP contribution in [0.15, 0.2) is 10.7 Å². The summed E-state index contributed by atoms with van der Waals surface area (Å²) >= 11 is 8.75. The van der Waals surface area contributed by atoms with Crippen LogP contribution in [0.5, 0.6) is 0 Å². The van der Waals surface area contributed by atoms with Crippen molar-refractivity contribution in [2.24, 2.45) is 0 Å². The van der Waals surface area contributed by atoms with Crippen molar-refractivity contribution in [3.8, 4) is 0 Å². The second kappa shape index (κ2) is 11.0. The molecular formula is C15H28BrN5S. The van der Waals surface area contributed by atoms with Crippen LogP contribution in [0.4, 0.5) is 0 Å². The van der Waals surface area contributed by atoms with Gasteiger partial charge in [0.1, 0.15) is 0 Å². The maximum atomic E-state index is 5.28. The van der Waals surface area contributed by atoms with E-state index >= 15 is 0 Å². The maximum absolute atomic E-state index is 5.28. The summed E-state index contributed by atoms with van der Waals surface area (Å²) in [6.07, 6.45) is 4.12. The maximum Gasteiger partial charge on any atom is 0.166 e. The van der Waals surface area contributed by atoms with E-state index in [0.717, 1.165) is 67.4 Å². The molecule has 1 aromatic rings. The number of thiocarbonyl (C=S) groups is 1. The van der Waals surface area contributed by atoms with Crippen molar-refractivity contribution >= 4 is 33.3 Å². The molecule has 0 aliphatic carbocycles. The molecule has 2 N–H and O–H groups in total. The molecule has 0 atom stereocenters. The zero-order valence-corrected chi connectivity index (χ0v) is 16.3. The zero-order chi connectivity index (χ0) is 16.4. The molecular weight excluding hydrogens is 362 g/mol. The molecule has 0 saturated carbocycles. The van der Waals surface area contributed by atoms with Gasteiger partial charge in [-0.05, 0) is 67.5 Å². The number of nitrogens with zero attached hydrogens (tertiary/aromatic N) is 3. The average Bonchev–Trinajstić information content (AvgIpc) is 2.82. The summed E-state index contributed by atoms with van der Waals surface area (Å²) in [5, 5.41) is 11.7. The van der Waals surface area contributed by atoms with E-state index in [0.29, 0.717) is 0 Å². The number of halogens is 1. The molecule has 0 bridgehead atoms. The average molecular weight is 390 g/mol. The van der Waals surface area contributed by atoms with E-state index in [4.69, 9.17) is 12.2 Å². The van der Waals surface area contributed by atoms with E-state index in [2.05, 4.69) is 50.4 Å². The number of nitrogens with one attached hydrogen (secondary N) is 2. The van der Waals surface area contributed by atoms with Crippen molar-refractivity contribution in [1.29, 1.82) is 0 Å². The summed E-state index contributed by atoms with van der Waals surface area (Å²) in [7, 11) is 0. The van der Waals surface area contributed by atoms with E-state index in [9.17, 15) is 0 Å². The number of aromatic nitrogens is 2. The molecule has 1 rings (SSSR count). The van der Waals surface area contributed by atoms with Gasteiger partial charge in [-0.2, -0.15) is 5.10 Å². The van der Waals surface area contributed by atoms with Gasteiger partial charge >= 0.3 is 0 Å². The van der Waals surface area contributed by atoms with Gasteiger partial charge in [0.05, 0.1) is 10.2 Å². The Morgan fingerprint density at radius 2 is 1.91 bits per heavy atom. The van der Waals surface area contributed by atoms with Crippen molar-refractivity contribution in [2.45, 2.75) is 40.2 Å². The summed E-state index contributed by atoms with van der Waals surface area (Å²) in [5.74, 6) is 0. The van der Waals surface area contributed by atoms with Crippen LogP contribution < -0.4 is 10.6 Å². The van der Waals surface area contributed by atoms with Crippen molar-refractivity contribution in [2.75, 3.05) is 32.7 Å². The Morgan fingerprint density at radius 1 is 1.27 bits per heavy atom. The first-order valence-corrected chi connectivity index (χ1v) is 9.20. The lowest BCUT2D eigenvalue weighted by Crippen LogP contribution is -2.37. The molecule has 1 heterocycles. The minimum atomic E-state index is 0.748. The Kier molecular flexibility index (Phi) is 9.66. The topological polar surface area (TPSA) is 45.1 Å². The van der Waals surface area contributed by atoms with Crippen LogP contribution in [0.2, 0.25) is 0 Å². The molecule has 0 fully saturated rings. The van der Waals surface area contributed by atoms with E-state index in [1.165, 1.54) is 0 Å². The van der Waals surface area contributed by atoms with Crippen molar-refractivity contribution in [3.63, 3.8) is 0 Å². The fraction of sp³-hybridized carbons (Fsp3) is 0.733. The third-order valence-corrected chi connectivity index (χ3v) is 4.63. The number of aryl methyl sites for hydroxylation is 2. The fourth-order valence-corrected chi connectivity index (χ4v) is 2.68. The standard InChI is InChI=1S/C15H28BrN5S/c1-4-20(5-2)10-6-8-17-15(22)18-9-7-11-21-12-14(16)13(3)19-21/h12H,4-11H2,1-3H3,(H2,17,18,22). The number of rotatable bonds is 10. The predicted molar refractivity (Wildman–Crippen MR) is 100 cm³/mol. The highest BCUT2D eigenvalue weighted by molar-refractivity contribution is 9.10. The fourth-order valence-electron chi connectivity index (χ4n) is 2.16. The summed E-state index contributed by atoms with van der Waals surface area (Å²) in [6.45, 7) is 12.4. The molecule has 22 heavy (non-hydrogen) atoms. The first-order valence-electron chi connectivity index (χ1n) is 8.00. The minimum Gasteiger partial charge on any atom is -0.363 e. The second-order valence-corrected chi connectivity index (χ2v) is 6.50. The zero-order valence-electron chi connectivity index (χ0n) is 13.9. The highest BCUT2D eigenvalue weighted by Gasteiger charge is 2.02. The Labute approximate surface area is 148 Å². The summed E-state index contributed by atoms with van der Waals surface area (Å²) in [5.41, 5.74) is 1.03. The molecule has 0 aliphatic heterocycles. The Balaban J connectivity index is 2.03. The van der Waals surface area contributed by atoms with Crippen LogP contribution >= 0.6 is 28.1 Å². The minimum absolute atomic E-state index is 0.748. The van der Waals surface area contributed by atoms with Gasteiger partial charge in [0.15, 0.2) is 5.11 Å². The molecule has 0 amide bonds. The number of hydrogen-bond acceptors (Lipinski definition) is 3. The van der Waals surface area contributed by atoms with Gasteiger partial charge in [-0.25, -0.2) is 0 Å². The third-order valence-electron chi connectivity index (χ3n) is 3.57. The van der Waals surface area contributed by atoms with Crippen LogP contribution in [0.3, 0.4) is 0 Å². The smallest absolute Gasteiger partial charge is 0.166 e. The molecule has 7 heteroatoms. The van der Waals surface area contributed by atoms with E-state index in [1.807, 2.05) is 17.8 Å². The Hall–Kier alpha value is -0.660. The highest BCUT2D eigenvalue weighted by atomic mass is 79.9.